The van der Waals surface area contributed by atoms with Crippen LogP contribution < -0.4 is 0 Å². The molecule has 1 heterocycles. The van der Waals surface area contributed by atoms with Crippen LogP contribution in [-0.4, -0.2) is 40.3 Å². The van der Waals surface area contributed by atoms with Crippen molar-refractivity contribution in [3.05, 3.63) is 35.4 Å². The van der Waals surface area contributed by atoms with Gasteiger partial charge in [-0.3, -0.25) is 4.90 Å². The lowest BCUT2D eigenvalue weighted by atomic mass is 10.00. The standard InChI is InChI=1S/C15H19NO3/c17-14-6-5-11-8-16(9-13(11)14)7-10-3-1-2-4-12(10)15(18)19/h1-4,11,13-14,17H,5-9H2,(H,18,19). The molecule has 0 aromatic heterocycles. The van der Waals surface area contributed by atoms with Crippen molar-refractivity contribution in [3.63, 3.8) is 0 Å². The van der Waals surface area contributed by atoms with Crippen molar-refractivity contribution in [1.29, 1.82) is 0 Å². The maximum atomic E-state index is 11.2. The first-order chi connectivity index (χ1) is 9.15. The molecule has 0 radical (unpaired) electrons. The average Bonchev–Trinajstić information content (AvgIpc) is 2.92. The average molecular weight is 261 g/mol. The van der Waals surface area contributed by atoms with Gasteiger partial charge in [-0.2, -0.15) is 0 Å². The van der Waals surface area contributed by atoms with Crippen molar-refractivity contribution < 1.29 is 15.0 Å². The monoisotopic (exact) mass is 261 g/mol. The molecule has 1 saturated carbocycles. The predicted molar refractivity (Wildman–Crippen MR) is 70.9 cm³/mol. The summed E-state index contributed by atoms with van der Waals surface area (Å²) in [5.74, 6) is 0.110. The second-order valence-corrected chi connectivity index (χ2v) is 5.73. The number of carbonyl (C=O) groups is 1. The molecule has 1 aliphatic carbocycles. The number of benzene rings is 1. The van der Waals surface area contributed by atoms with E-state index in [-0.39, 0.29) is 6.10 Å². The SMILES string of the molecule is O=C(O)c1ccccc1CN1CC2CCC(O)C2C1. The fourth-order valence-electron chi connectivity index (χ4n) is 3.57. The minimum atomic E-state index is -0.866. The van der Waals surface area contributed by atoms with E-state index in [9.17, 15) is 15.0 Å². The van der Waals surface area contributed by atoms with E-state index >= 15 is 0 Å². The third-order valence-electron chi connectivity index (χ3n) is 4.54. The molecule has 4 nitrogen and oxygen atoms in total. The van der Waals surface area contributed by atoms with Gasteiger partial charge in [-0.15, -0.1) is 0 Å². The zero-order valence-corrected chi connectivity index (χ0v) is 10.8. The largest absolute Gasteiger partial charge is 0.478 e. The summed E-state index contributed by atoms with van der Waals surface area (Å²) in [4.78, 5) is 13.5. The van der Waals surface area contributed by atoms with E-state index in [4.69, 9.17) is 0 Å². The summed E-state index contributed by atoms with van der Waals surface area (Å²) in [5.41, 5.74) is 1.25. The van der Waals surface area contributed by atoms with Crippen LogP contribution in [0.2, 0.25) is 0 Å². The fraction of sp³-hybridized carbons (Fsp3) is 0.533. The Morgan fingerprint density at radius 2 is 2.05 bits per heavy atom. The summed E-state index contributed by atoms with van der Waals surface area (Å²) in [5, 5.41) is 19.1. The van der Waals surface area contributed by atoms with Crippen molar-refractivity contribution in [3.8, 4) is 0 Å². The van der Waals surface area contributed by atoms with Crippen LogP contribution in [0, 0.1) is 11.8 Å². The first kappa shape index (κ1) is 12.6. The number of carboxylic acids is 1. The molecule has 1 aliphatic heterocycles. The van der Waals surface area contributed by atoms with E-state index in [2.05, 4.69) is 4.90 Å². The van der Waals surface area contributed by atoms with Gasteiger partial charge in [0.15, 0.2) is 0 Å². The van der Waals surface area contributed by atoms with Gasteiger partial charge < -0.3 is 10.2 Å². The predicted octanol–water partition coefficient (Wildman–Crippen LogP) is 1.59. The Morgan fingerprint density at radius 3 is 2.79 bits per heavy atom. The second kappa shape index (κ2) is 4.94. The Hall–Kier alpha value is -1.39. The molecule has 1 aromatic rings. The van der Waals surface area contributed by atoms with E-state index < -0.39 is 5.97 Å². The molecule has 4 heteroatoms. The van der Waals surface area contributed by atoms with Crippen LogP contribution >= 0.6 is 0 Å². The normalized spacial score (nSPS) is 30.5. The van der Waals surface area contributed by atoms with Crippen molar-refractivity contribution in [2.24, 2.45) is 11.8 Å². The third kappa shape index (κ3) is 2.38. The Labute approximate surface area is 112 Å². The van der Waals surface area contributed by atoms with E-state index in [1.54, 1.807) is 12.1 Å². The van der Waals surface area contributed by atoms with Gasteiger partial charge in [0.25, 0.3) is 0 Å². The van der Waals surface area contributed by atoms with E-state index in [0.29, 0.717) is 23.9 Å². The molecular formula is C15H19NO3. The van der Waals surface area contributed by atoms with Crippen LogP contribution in [0.15, 0.2) is 24.3 Å². The summed E-state index contributed by atoms with van der Waals surface area (Å²) in [7, 11) is 0. The highest BCUT2D eigenvalue weighted by atomic mass is 16.4. The second-order valence-electron chi connectivity index (χ2n) is 5.73. The molecule has 3 unspecified atom stereocenters. The van der Waals surface area contributed by atoms with Crippen LogP contribution in [0.1, 0.15) is 28.8 Å². The Balaban J connectivity index is 1.72. The van der Waals surface area contributed by atoms with Gasteiger partial charge >= 0.3 is 5.97 Å². The van der Waals surface area contributed by atoms with Crippen LogP contribution in [-0.2, 0) is 6.54 Å². The summed E-state index contributed by atoms with van der Waals surface area (Å²) >= 11 is 0. The molecular weight excluding hydrogens is 242 g/mol. The molecule has 0 spiro atoms. The van der Waals surface area contributed by atoms with Gasteiger partial charge in [0.2, 0.25) is 0 Å². The molecule has 2 aliphatic rings. The molecule has 0 amide bonds. The van der Waals surface area contributed by atoms with E-state index in [1.165, 1.54) is 0 Å². The van der Waals surface area contributed by atoms with Gasteiger partial charge in [0.05, 0.1) is 11.7 Å². The van der Waals surface area contributed by atoms with Gasteiger partial charge in [0.1, 0.15) is 0 Å². The number of hydrogen-bond donors (Lipinski definition) is 2. The molecule has 0 bridgehead atoms. The van der Waals surface area contributed by atoms with Gasteiger partial charge in [0, 0.05) is 25.6 Å². The van der Waals surface area contributed by atoms with Gasteiger partial charge in [-0.25, -0.2) is 4.79 Å². The van der Waals surface area contributed by atoms with Crippen molar-refractivity contribution in [2.75, 3.05) is 13.1 Å². The Kier molecular flexibility index (Phi) is 3.29. The third-order valence-corrected chi connectivity index (χ3v) is 4.54. The number of aromatic carboxylic acids is 1. The molecule has 3 rings (SSSR count). The molecule has 1 aromatic carbocycles. The lowest BCUT2D eigenvalue weighted by Crippen LogP contribution is -2.25. The first-order valence-electron chi connectivity index (χ1n) is 6.87. The number of likely N-dealkylation sites (tertiary alicyclic amines) is 1. The molecule has 102 valence electrons. The van der Waals surface area contributed by atoms with E-state index in [1.807, 2.05) is 12.1 Å². The highest BCUT2D eigenvalue weighted by molar-refractivity contribution is 5.89. The van der Waals surface area contributed by atoms with Gasteiger partial charge in [-0.05, 0) is 30.4 Å². The van der Waals surface area contributed by atoms with Gasteiger partial charge in [-0.1, -0.05) is 18.2 Å². The first-order valence-corrected chi connectivity index (χ1v) is 6.87. The molecule has 3 atom stereocenters. The minimum absolute atomic E-state index is 0.162. The topological polar surface area (TPSA) is 60.8 Å². The van der Waals surface area contributed by atoms with Crippen molar-refractivity contribution in [2.45, 2.75) is 25.5 Å². The smallest absolute Gasteiger partial charge is 0.336 e. The molecule has 2 fully saturated rings. The van der Waals surface area contributed by atoms with Crippen LogP contribution in [0.25, 0.3) is 0 Å². The number of rotatable bonds is 3. The number of hydrogen-bond acceptors (Lipinski definition) is 3. The fourth-order valence-corrected chi connectivity index (χ4v) is 3.57. The summed E-state index contributed by atoms with van der Waals surface area (Å²) in [6.45, 7) is 2.54. The Bertz CT molecular complexity index is 488. The summed E-state index contributed by atoms with van der Waals surface area (Å²) in [6, 6.07) is 7.18. The lowest BCUT2D eigenvalue weighted by molar-refractivity contribution is 0.0694. The zero-order valence-electron chi connectivity index (χ0n) is 10.8. The number of aliphatic hydroxyl groups excluding tert-OH is 1. The number of aliphatic hydroxyl groups is 1. The number of fused-ring (bicyclic) bond motifs is 1. The van der Waals surface area contributed by atoms with E-state index in [0.717, 1.165) is 31.5 Å². The highest BCUT2D eigenvalue weighted by Gasteiger charge is 2.41. The highest BCUT2D eigenvalue weighted by Crippen LogP contribution is 2.38. The maximum absolute atomic E-state index is 11.2. The van der Waals surface area contributed by atoms with Crippen LogP contribution in [0.4, 0.5) is 0 Å². The molecule has 19 heavy (non-hydrogen) atoms. The number of carboxylic acid groups (broad SMARTS) is 1. The summed E-state index contributed by atoms with van der Waals surface area (Å²) in [6.07, 6.45) is 1.86. The lowest BCUT2D eigenvalue weighted by Gasteiger charge is -2.19. The minimum Gasteiger partial charge on any atom is -0.478 e. The summed E-state index contributed by atoms with van der Waals surface area (Å²) < 4.78 is 0. The quantitative estimate of drug-likeness (QED) is 0.867. The number of nitrogens with zero attached hydrogens (tertiary/aromatic N) is 1. The van der Waals surface area contributed by atoms with Crippen molar-refractivity contribution in [1.82, 2.24) is 4.90 Å². The van der Waals surface area contributed by atoms with Crippen LogP contribution in [0.5, 0.6) is 0 Å². The zero-order chi connectivity index (χ0) is 13.4. The molecule has 1 saturated heterocycles. The Morgan fingerprint density at radius 1 is 1.26 bits per heavy atom. The van der Waals surface area contributed by atoms with Crippen molar-refractivity contribution >= 4 is 5.97 Å². The van der Waals surface area contributed by atoms with Crippen LogP contribution in [0.3, 0.4) is 0 Å². The maximum Gasteiger partial charge on any atom is 0.336 e. The molecule has 2 N–H and O–H groups in total.